The Morgan fingerprint density at radius 3 is 2.64 bits per heavy atom. The molecule has 1 N–H and O–H groups in total. The molecule has 0 unspecified atom stereocenters. The minimum atomic E-state index is -3.16. The Morgan fingerprint density at radius 1 is 1.41 bits per heavy atom. The average molecular weight is 345 g/mol. The first-order valence-corrected chi connectivity index (χ1v) is 9.64. The molecule has 22 heavy (non-hydrogen) atoms. The Morgan fingerprint density at radius 2 is 2.09 bits per heavy atom. The van der Waals surface area contributed by atoms with Crippen LogP contribution in [0.4, 0.5) is 5.69 Å². The lowest BCUT2D eigenvalue weighted by molar-refractivity contribution is -0.129. The van der Waals surface area contributed by atoms with Gasteiger partial charge in [-0.05, 0) is 38.0 Å². The van der Waals surface area contributed by atoms with Crippen LogP contribution < -0.4 is 5.32 Å². The third-order valence-corrected chi connectivity index (χ3v) is 4.75. The molecule has 1 saturated heterocycles. The van der Waals surface area contributed by atoms with Gasteiger partial charge in [-0.25, -0.2) is 8.42 Å². The van der Waals surface area contributed by atoms with Crippen LogP contribution in [0.3, 0.4) is 0 Å². The average Bonchev–Trinajstić information content (AvgIpc) is 2.73. The Bertz CT molecular complexity index is 673. The highest BCUT2D eigenvalue weighted by molar-refractivity contribution is 7.89. The van der Waals surface area contributed by atoms with Crippen LogP contribution in [0.2, 0.25) is 5.02 Å². The molecule has 1 aromatic carbocycles. The number of nitrogens with one attached hydrogen (secondary N) is 1. The molecule has 1 aliphatic heterocycles. The summed E-state index contributed by atoms with van der Waals surface area (Å²) < 4.78 is 23.1. The van der Waals surface area contributed by atoms with Gasteiger partial charge in [-0.3, -0.25) is 4.79 Å². The van der Waals surface area contributed by atoms with Gasteiger partial charge in [-0.1, -0.05) is 17.7 Å². The number of rotatable bonds is 5. The van der Waals surface area contributed by atoms with Crippen molar-refractivity contribution in [3.8, 4) is 0 Å². The largest absolute Gasteiger partial charge is 0.373 e. The highest BCUT2D eigenvalue weighted by atomic mass is 35.5. The van der Waals surface area contributed by atoms with Crippen molar-refractivity contribution in [2.45, 2.75) is 38.1 Å². The molecule has 1 aromatic rings. The predicted molar refractivity (Wildman–Crippen MR) is 88.9 cm³/mol. The molecular formula is C15H21ClN2O3S. The van der Waals surface area contributed by atoms with Crippen molar-refractivity contribution in [2.75, 3.05) is 18.1 Å². The molecule has 1 atom stereocenters. The zero-order valence-corrected chi connectivity index (χ0v) is 14.5. The first-order chi connectivity index (χ1) is 10.2. The van der Waals surface area contributed by atoms with E-state index < -0.39 is 9.84 Å². The van der Waals surface area contributed by atoms with E-state index in [2.05, 4.69) is 5.32 Å². The van der Waals surface area contributed by atoms with Gasteiger partial charge in [0.25, 0.3) is 0 Å². The van der Waals surface area contributed by atoms with Crippen molar-refractivity contribution in [3.63, 3.8) is 0 Å². The fraction of sp³-hybridized carbons (Fsp3) is 0.533. The maximum atomic E-state index is 12.3. The Labute approximate surface area is 136 Å². The van der Waals surface area contributed by atoms with Gasteiger partial charge in [-0.15, -0.1) is 0 Å². The molecule has 1 fully saturated rings. The van der Waals surface area contributed by atoms with E-state index in [1.807, 2.05) is 18.7 Å². The number of carbonyl (C=O) groups excluding carboxylic acids is 1. The second kappa shape index (κ2) is 6.46. The molecule has 0 aromatic heterocycles. The Kier molecular flexibility index (Phi) is 5.02. The molecule has 1 aliphatic rings. The van der Waals surface area contributed by atoms with Crippen molar-refractivity contribution in [3.05, 3.63) is 28.8 Å². The van der Waals surface area contributed by atoms with Crippen LogP contribution in [-0.2, 0) is 20.4 Å². The fourth-order valence-corrected chi connectivity index (χ4v) is 3.62. The number of hydrogen-bond donors (Lipinski definition) is 1. The van der Waals surface area contributed by atoms with E-state index in [9.17, 15) is 13.2 Å². The molecule has 5 nitrogen and oxygen atoms in total. The topological polar surface area (TPSA) is 66.5 Å². The van der Waals surface area contributed by atoms with Crippen molar-refractivity contribution >= 4 is 33.0 Å². The lowest BCUT2D eigenvalue weighted by Crippen LogP contribution is -2.37. The zero-order chi connectivity index (χ0) is 16.5. The van der Waals surface area contributed by atoms with Crippen LogP contribution >= 0.6 is 11.6 Å². The molecule has 122 valence electrons. The molecule has 0 aliphatic carbocycles. The molecule has 2 rings (SSSR count). The smallest absolute Gasteiger partial charge is 0.245 e. The third kappa shape index (κ3) is 4.14. The van der Waals surface area contributed by atoms with Crippen LogP contribution in [0.1, 0.15) is 25.8 Å². The fourth-order valence-electron chi connectivity index (χ4n) is 2.63. The summed E-state index contributed by atoms with van der Waals surface area (Å²) in [4.78, 5) is 14.2. The summed E-state index contributed by atoms with van der Waals surface area (Å²) in [6.07, 6.45) is 1.88. The number of likely N-dealkylation sites (tertiary alicyclic amines) is 1. The van der Waals surface area contributed by atoms with E-state index in [0.717, 1.165) is 0 Å². The van der Waals surface area contributed by atoms with Crippen LogP contribution in [0.5, 0.6) is 0 Å². The van der Waals surface area contributed by atoms with Gasteiger partial charge in [0, 0.05) is 29.6 Å². The number of benzene rings is 1. The molecule has 0 radical (unpaired) electrons. The number of nitrogens with zero attached hydrogens (tertiary/aromatic N) is 1. The second-order valence-electron chi connectivity index (χ2n) is 5.98. The number of anilines is 1. The molecule has 0 saturated carbocycles. The van der Waals surface area contributed by atoms with Gasteiger partial charge < -0.3 is 10.2 Å². The molecular weight excluding hydrogens is 324 g/mol. The summed E-state index contributed by atoms with van der Waals surface area (Å²) in [5, 5.41) is 3.67. The van der Waals surface area contributed by atoms with Crippen molar-refractivity contribution in [2.24, 2.45) is 0 Å². The normalized spacial score (nSPS) is 19.0. The standard InChI is InChI=1S/C15H21ClN2O3S/c1-10(2)18-7-6-13(15(18)19)17-14-8-12(16)5-4-11(14)9-22(3,20)21/h4-5,8,10,13,17H,6-7,9H2,1-3H3/t13-/m1/s1. The number of amides is 1. The molecule has 0 bridgehead atoms. The van der Waals surface area contributed by atoms with Gasteiger partial charge in [0.1, 0.15) is 6.04 Å². The van der Waals surface area contributed by atoms with Gasteiger partial charge >= 0.3 is 0 Å². The molecule has 0 spiro atoms. The summed E-state index contributed by atoms with van der Waals surface area (Å²) in [6.45, 7) is 4.67. The minimum absolute atomic E-state index is 0.0419. The van der Waals surface area contributed by atoms with E-state index in [1.165, 1.54) is 6.26 Å². The van der Waals surface area contributed by atoms with Crippen LogP contribution in [0.15, 0.2) is 18.2 Å². The predicted octanol–water partition coefficient (Wildman–Crippen LogP) is 2.31. The van der Waals surface area contributed by atoms with Gasteiger partial charge in [0.15, 0.2) is 9.84 Å². The number of hydrogen-bond acceptors (Lipinski definition) is 4. The maximum absolute atomic E-state index is 12.3. The molecule has 7 heteroatoms. The summed E-state index contributed by atoms with van der Waals surface area (Å²) in [5.74, 6) is -0.0401. The van der Waals surface area contributed by atoms with Crippen molar-refractivity contribution in [1.82, 2.24) is 4.90 Å². The summed E-state index contributed by atoms with van der Waals surface area (Å²) >= 11 is 6.00. The quantitative estimate of drug-likeness (QED) is 0.890. The zero-order valence-electron chi connectivity index (χ0n) is 13.0. The maximum Gasteiger partial charge on any atom is 0.245 e. The SMILES string of the molecule is CC(C)N1CC[C@@H](Nc2cc(Cl)ccc2CS(C)(=O)=O)C1=O. The van der Waals surface area contributed by atoms with E-state index in [0.29, 0.717) is 29.2 Å². The Hall–Kier alpha value is -1.27. The lowest BCUT2D eigenvalue weighted by Gasteiger charge is -2.22. The number of sulfone groups is 1. The van der Waals surface area contributed by atoms with Crippen LogP contribution in [0.25, 0.3) is 0 Å². The lowest BCUT2D eigenvalue weighted by atomic mass is 10.1. The van der Waals surface area contributed by atoms with Gasteiger partial charge in [0.2, 0.25) is 5.91 Å². The van der Waals surface area contributed by atoms with Crippen molar-refractivity contribution < 1.29 is 13.2 Å². The van der Waals surface area contributed by atoms with E-state index >= 15 is 0 Å². The van der Waals surface area contributed by atoms with Gasteiger partial charge in [-0.2, -0.15) is 0 Å². The van der Waals surface area contributed by atoms with E-state index in [1.54, 1.807) is 18.2 Å². The molecule has 1 heterocycles. The highest BCUT2D eigenvalue weighted by Gasteiger charge is 2.33. The van der Waals surface area contributed by atoms with Crippen molar-refractivity contribution in [1.29, 1.82) is 0 Å². The monoisotopic (exact) mass is 344 g/mol. The molecule has 1 amide bonds. The first kappa shape index (κ1) is 17.1. The Balaban J connectivity index is 2.22. The van der Waals surface area contributed by atoms with E-state index in [4.69, 9.17) is 11.6 Å². The summed E-state index contributed by atoms with van der Waals surface area (Å²) in [7, 11) is -3.16. The van der Waals surface area contributed by atoms with E-state index in [-0.39, 0.29) is 23.7 Å². The van der Waals surface area contributed by atoms with Gasteiger partial charge in [0.05, 0.1) is 5.75 Å². The third-order valence-electron chi connectivity index (χ3n) is 3.68. The highest BCUT2D eigenvalue weighted by Crippen LogP contribution is 2.26. The number of halogens is 1. The van der Waals surface area contributed by atoms with Crippen LogP contribution in [0, 0.1) is 0 Å². The second-order valence-corrected chi connectivity index (χ2v) is 8.56. The van der Waals surface area contributed by atoms with Crippen LogP contribution in [-0.4, -0.2) is 44.1 Å². The summed E-state index contributed by atoms with van der Waals surface area (Å²) in [6, 6.07) is 4.84. The number of carbonyl (C=O) groups is 1. The summed E-state index contributed by atoms with van der Waals surface area (Å²) in [5.41, 5.74) is 1.24. The first-order valence-electron chi connectivity index (χ1n) is 7.20. The minimum Gasteiger partial charge on any atom is -0.373 e.